The zero-order valence-electron chi connectivity index (χ0n) is 45.6. The van der Waals surface area contributed by atoms with Crippen molar-refractivity contribution in [3.05, 3.63) is 146 Å². The zero-order valence-corrected chi connectivity index (χ0v) is 46.5. The molecule has 0 radical (unpaired) electrons. The molecule has 9 heteroatoms. The van der Waals surface area contributed by atoms with Gasteiger partial charge in [0.25, 0.3) is 7.82 Å². The van der Waals surface area contributed by atoms with Crippen molar-refractivity contribution in [3.8, 4) is 0 Å². The lowest BCUT2D eigenvalue weighted by Gasteiger charge is -2.29. The van der Waals surface area contributed by atoms with Crippen LogP contribution >= 0.6 is 7.82 Å². The third kappa shape index (κ3) is 54.0. The van der Waals surface area contributed by atoms with Gasteiger partial charge in [-0.1, -0.05) is 224 Å². The van der Waals surface area contributed by atoms with E-state index in [1.165, 1.54) is 51.4 Å². The Morgan fingerprint density at radius 1 is 0.507 bits per heavy atom. The van der Waals surface area contributed by atoms with Gasteiger partial charge in [-0.25, -0.2) is 0 Å². The molecule has 0 heterocycles. The van der Waals surface area contributed by atoms with Gasteiger partial charge in [0, 0.05) is 6.42 Å². The highest BCUT2D eigenvalue weighted by Gasteiger charge is 2.23. The summed E-state index contributed by atoms with van der Waals surface area (Å²) in [5.41, 5.74) is 0. The van der Waals surface area contributed by atoms with Crippen molar-refractivity contribution in [2.75, 3.05) is 40.9 Å². The Bertz CT molecular complexity index is 1660. The van der Waals surface area contributed by atoms with Crippen LogP contribution in [0.3, 0.4) is 0 Å². The van der Waals surface area contributed by atoms with E-state index in [1.807, 2.05) is 27.2 Å². The van der Waals surface area contributed by atoms with Gasteiger partial charge in [-0.15, -0.1) is 0 Å². The maximum atomic E-state index is 12.9. The van der Waals surface area contributed by atoms with Crippen molar-refractivity contribution in [3.63, 3.8) is 0 Å². The van der Waals surface area contributed by atoms with Gasteiger partial charge in [0.15, 0.2) is 0 Å². The number of likely N-dealkylation sites (N-methyl/N-ethyl adjacent to an activating group) is 1. The van der Waals surface area contributed by atoms with Crippen molar-refractivity contribution in [2.24, 2.45) is 0 Å². The number of rotatable bonds is 48. The molecule has 0 bridgehead atoms. The van der Waals surface area contributed by atoms with E-state index in [0.29, 0.717) is 23.9 Å². The van der Waals surface area contributed by atoms with Gasteiger partial charge in [0.05, 0.1) is 39.9 Å². The summed E-state index contributed by atoms with van der Waals surface area (Å²) >= 11 is 0. The fraction of sp³-hybridized carbons (Fsp3) is 0.597. The van der Waals surface area contributed by atoms with E-state index in [4.69, 9.17) is 9.05 Å². The molecule has 0 rings (SSSR count). The van der Waals surface area contributed by atoms with Crippen LogP contribution in [0.4, 0.5) is 0 Å². The van der Waals surface area contributed by atoms with Gasteiger partial charge in [0.1, 0.15) is 13.2 Å². The highest BCUT2D eigenvalue weighted by Crippen LogP contribution is 2.38. The van der Waals surface area contributed by atoms with Crippen LogP contribution in [0.1, 0.15) is 187 Å². The minimum absolute atomic E-state index is 0.0160. The highest BCUT2D eigenvalue weighted by molar-refractivity contribution is 7.45. The van der Waals surface area contributed by atoms with E-state index in [1.54, 1.807) is 6.08 Å². The molecule has 2 N–H and O–H groups in total. The number of amides is 1. The Labute approximate surface area is 436 Å². The predicted molar refractivity (Wildman–Crippen MR) is 306 cm³/mol. The third-order valence-corrected chi connectivity index (χ3v) is 12.3. The number of phosphoric ester groups is 1. The molecule has 0 saturated carbocycles. The molecule has 3 unspecified atom stereocenters. The summed E-state index contributed by atoms with van der Waals surface area (Å²) in [6.07, 6.45) is 79.2. The zero-order chi connectivity index (χ0) is 52.0. The number of phosphoric acid groups is 1. The standard InChI is InChI=1S/C62H103N2O6P/c1-6-8-10-12-14-16-18-20-21-22-23-24-25-26-27-28-29-30-31-32-33-34-35-36-37-38-39-40-41-42-43-44-46-48-50-52-54-56-62(66)63-60(59-70-71(67,68)69-58-57-64(3,4)5)61(65)55-53-51-49-47-45-19-17-15-13-11-9-7-2/h8,10,14,16,20-21,23-24,26-27,29-30,32-33,35-36,38-39,41-42,44,46,53,55,60-61,65H,6-7,9,11-13,15,17-19,22,25,28,31,34,37,40,43,45,47-52,54,56-59H2,1-5H3,(H-,63,66,67,68)/b10-8-,16-14-,21-20-,24-23-,27-26-,30-29-,33-32-,36-35-,39-38-,42-41-,46-44-,55-53+. The van der Waals surface area contributed by atoms with Crippen LogP contribution in [0.25, 0.3) is 0 Å². The first-order valence-corrected chi connectivity index (χ1v) is 29.2. The number of aliphatic hydroxyl groups is 1. The quantitative estimate of drug-likeness (QED) is 0.0272. The summed E-state index contributed by atoms with van der Waals surface area (Å²) < 4.78 is 23.2. The van der Waals surface area contributed by atoms with Crippen LogP contribution in [0.5, 0.6) is 0 Å². The second kappa shape index (κ2) is 51.3. The Balaban J connectivity index is 4.25. The van der Waals surface area contributed by atoms with Gasteiger partial charge in [-0.05, 0) is 103 Å². The van der Waals surface area contributed by atoms with Crippen molar-refractivity contribution in [1.29, 1.82) is 0 Å². The van der Waals surface area contributed by atoms with Gasteiger partial charge >= 0.3 is 0 Å². The molecule has 0 aliphatic carbocycles. The van der Waals surface area contributed by atoms with Crippen LogP contribution < -0.4 is 10.2 Å². The molecular weight excluding hydrogens is 900 g/mol. The maximum Gasteiger partial charge on any atom is 0.268 e. The van der Waals surface area contributed by atoms with Gasteiger partial charge in [-0.2, -0.15) is 0 Å². The Kier molecular flexibility index (Phi) is 48.7. The summed E-state index contributed by atoms with van der Waals surface area (Å²) in [5.74, 6) is -0.237. The average Bonchev–Trinajstić information content (AvgIpc) is 3.33. The Morgan fingerprint density at radius 3 is 1.25 bits per heavy atom. The number of hydrogen-bond acceptors (Lipinski definition) is 6. The second-order valence-corrected chi connectivity index (χ2v) is 20.6. The van der Waals surface area contributed by atoms with E-state index >= 15 is 0 Å². The predicted octanol–water partition coefficient (Wildman–Crippen LogP) is 16.3. The molecule has 0 spiro atoms. The largest absolute Gasteiger partial charge is 0.756 e. The maximum absolute atomic E-state index is 12.9. The van der Waals surface area contributed by atoms with Crippen LogP contribution in [-0.2, 0) is 18.4 Å². The molecule has 0 aliphatic heterocycles. The van der Waals surface area contributed by atoms with Crippen molar-refractivity contribution in [1.82, 2.24) is 5.32 Å². The summed E-state index contributed by atoms with van der Waals surface area (Å²) in [6.45, 7) is 4.47. The normalized spacial score (nSPS) is 15.1. The first-order valence-electron chi connectivity index (χ1n) is 27.7. The van der Waals surface area contributed by atoms with Crippen LogP contribution in [0.2, 0.25) is 0 Å². The number of carbonyl (C=O) groups is 1. The minimum Gasteiger partial charge on any atom is -0.756 e. The number of quaternary nitrogens is 1. The first-order chi connectivity index (χ1) is 34.5. The number of carbonyl (C=O) groups excluding carboxylic acids is 1. The number of nitrogens with one attached hydrogen (secondary N) is 1. The summed E-state index contributed by atoms with van der Waals surface area (Å²) in [6, 6.07) is -0.914. The lowest BCUT2D eigenvalue weighted by molar-refractivity contribution is -0.870. The molecule has 3 atom stereocenters. The average molecular weight is 1000 g/mol. The number of nitrogens with zero attached hydrogens (tertiary/aromatic N) is 1. The molecule has 0 fully saturated rings. The van der Waals surface area contributed by atoms with E-state index in [0.717, 1.165) is 109 Å². The van der Waals surface area contributed by atoms with Gasteiger partial charge in [0.2, 0.25) is 5.91 Å². The molecule has 0 aromatic heterocycles. The summed E-state index contributed by atoms with van der Waals surface area (Å²) in [7, 11) is 1.21. The molecule has 8 nitrogen and oxygen atoms in total. The molecular formula is C62H103N2O6P. The first kappa shape index (κ1) is 67.4. The molecule has 0 aromatic rings. The lowest BCUT2D eigenvalue weighted by Crippen LogP contribution is -2.45. The number of unbranched alkanes of at least 4 members (excludes halogenated alkanes) is 13. The summed E-state index contributed by atoms with van der Waals surface area (Å²) in [5, 5.41) is 13.8. The van der Waals surface area contributed by atoms with Crippen LogP contribution in [0.15, 0.2) is 146 Å². The third-order valence-electron chi connectivity index (χ3n) is 11.3. The van der Waals surface area contributed by atoms with Crippen molar-refractivity contribution >= 4 is 13.7 Å². The number of hydrogen-bond donors (Lipinski definition) is 2. The lowest BCUT2D eigenvalue weighted by atomic mass is 10.1. The molecule has 402 valence electrons. The number of allylic oxidation sites excluding steroid dienone is 23. The van der Waals surface area contributed by atoms with Crippen LogP contribution in [-0.4, -0.2) is 68.5 Å². The number of aliphatic hydroxyl groups excluding tert-OH is 1. The summed E-state index contributed by atoms with van der Waals surface area (Å²) in [4.78, 5) is 25.4. The molecule has 0 aromatic carbocycles. The van der Waals surface area contributed by atoms with Crippen molar-refractivity contribution < 1.29 is 32.9 Å². The van der Waals surface area contributed by atoms with E-state index in [-0.39, 0.29) is 12.5 Å². The van der Waals surface area contributed by atoms with E-state index in [2.05, 4.69) is 153 Å². The molecule has 1 amide bonds. The fourth-order valence-corrected chi connectivity index (χ4v) is 7.70. The SMILES string of the molecule is CC/C=C\C/C=C\C/C=C\C/C=C\C/C=C\C/C=C\C/C=C\C/C=C\C/C=C\C/C=C\C/C=C\CCCCCC(=O)NC(COP(=O)([O-])OCC[N+](C)(C)C)C(O)/C=C/CCCCCCCCCCCC. The molecule has 71 heavy (non-hydrogen) atoms. The Morgan fingerprint density at radius 2 is 0.859 bits per heavy atom. The van der Waals surface area contributed by atoms with E-state index in [9.17, 15) is 19.4 Å². The van der Waals surface area contributed by atoms with Crippen LogP contribution in [0, 0.1) is 0 Å². The van der Waals surface area contributed by atoms with E-state index < -0.39 is 26.6 Å². The van der Waals surface area contributed by atoms with Gasteiger partial charge in [-0.3, -0.25) is 9.36 Å². The smallest absolute Gasteiger partial charge is 0.268 e. The highest BCUT2D eigenvalue weighted by atomic mass is 31.2. The topological polar surface area (TPSA) is 108 Å². The van der Waals surface area contributed by atoms with Gasteiger partial charge < -0.3 is 28.8 Å². The van der Waals surface area contributed by atoms with Crippen molar-refractivity contribution in [2.45, 2.75) is 199 Å². The fourth-order valence-electron chi connectivity index (χ4n) is 6.98. The molecule has 0 saturated heterocycles. The molecule has 0 aliphatic rings. The monoisotopic (exact) mass is 1000 g/mol. The Hall–Kier alpha value is -3.62. The second-order valence-electron chi connectivity index (χ2n) is 19.2. The minimum atomic E-state index is -4.61.